The Kier molecular flexibility index (Phi) is 5.17. The number of guanidine groups is 1. The zero-order valence-electron chi connectivity index (χ0n) is 12.2. The summed E-state index contributed by atoms with van der Waals surface area (Å²) in [5.74, 6) is -0.471. The second kappa shape index (κ2) is 7.29. The third kappa shape index (κ3) is 4.11. The summed E-state index contributed by atoms with van der Waals surface area (Å²) in [6, 6.07) is 11.6. The van der Waals surface area contributed by atoms with Crippen molar-refractivity contribution in [2.75, 3.05) is 5.73 Å². The summed E-state index contributed by atoms with van der Waals surface area (Å²) in [7, 11) is 0. The second-order valence-corrected chi connectivity index (χ2v) is 4.96. The van der Waals surface area contributed by atoms with Crippen LogP contribution in [-0.2, 0) is 0 Å². The number of anilines is 1. The molecule has 10 heteroatoms. The maximum absolute atomic E-state index is 10.6. The molecule has 2 aromatic carbocycles. The number of hydrogen-bond acceptors (Lipinski definition) is 6. The van der Waals surface area contributed by atoms with Crippen LogP contribution in [0.25, 0.3) is 0 Å². The fourth-order valence-corrected chi connectivity index (χ4v) is 2.12. The predicted molar refractivity (Wildman–Crippen MR) is 91.4 cm³/mol. The summed E-state index contributed by atoms with van der Waals surface area (Å²) in [4.78, 5) is 15.0. The third-order valence-corrected chi connectivity index (χ3v) is 3.07. The summed E-state index contributed by atoms with van der Waals surface area (Å²) < 4.78 is 0. The van der Waals surface area contributed by atoms with Crippen molar-refractivity contribution in [3.8, 4) is 5.75 Å². The van der Waals surface area contributed by atoms with Gasteiger partial charge in [0.1, 0.15) is 11.5 Å². The van der Waals surface area contributed by atoms with Gasteiger partial charge in [-0.2, -0.15) is 0 Å². The normalized spacial score (nSPS) is 11.0. The zero-order chi connectivity index (χ0) is 17.7. The Labute approximate surface area is 141 Å². The van der Waals surface area contributed by atoms with Crippen molar-refractivity contribution < 1.29 is 9.92 Å². The van der Waals surface area contributed by atoms with Crippen molar-refractivity contribution in [1.29, 1.82) is 0 Å². The maximum atomic E-state index is 10.6. The molecule has 0 aliphatic heterocycles. The highest BCUT2D eigenvalue weighted by Crippen LogP contribution is 2.32. The van der Waals surface area contributed by atoms with Gasteiger partial charge in [0.2, 0.25) is 5.96 Å². The minimum Gasteiger partial charge on any atom is -0.396 e. The topological polar surface area (TPSA) is 155 Å². The molecule has 0 bridgehead atoms. The second-order valence-electron chi connectivity index (χ2n) is 4.52. The highest BCUT2D eigenvalue weighted by molar-refractivity contribution is 6.32. The molecule has 0 fully saturated rings. The largest absolute Gasteiger partial charge is 0.396 e. The van der Waals surface area contributed by atoms with Gasteiger partial charge >= 0.3 is 0 Å². The molecule has 0 saturated carbocycles. The smallest absolute Gasteiger partial charge is 0.299 e. The Morgan fingerprint density at radius 1 is 1.17 bits per heavy atom. The monoisotopic (exact) mass is 348 g/mol. The lowest BCUT2D eigenvalue weighted by atomic mass is 10.0. The van der Waals surface area contributed by atoms with Gasteiger partial charge in [0, 0.05) is 16.1 Å². The maximum Gasteiger partial charge on any atom is 0.299 e. The van der Waals surface area contributed by atoms with Crippen LogP contribution in [0.3, 0.4) is 0 Å². The Bertz CT molecular complexity index is 819. The van der Waals surface area contributed by atoms with E-state index in [-0.39, 0.29) is 33.7 Å². The number of benzene rings is 2. The van der Waals surface area contributed by atoms with E-state index in [1.54, 1.807) is 24.3 Å². The van der Waals surface area contributed by atoms with E-state index in [0.717, 1.165) is 0 Å². The van der Waals surface area contributed by atoms with Crippen molar-refractivity contribution >= 4 is 29.0 Å². The van der Waals surface area contributed by atoms with Crippen LogP contribution in [0.4, 0.5) is 5.69 Å². The van der Waals surface area contributed by atoms with Crippen molar-refractivity contribution in [2.45, 2.75) is 0 Å². The first kappa shape index (κ1) is 17.0. The Morgan fingerprint density at radius 3 is 2.42 bits per heavy atom. The Hall–Kier alpha value is -3.33. The molecule has 9 nitrogen and oxygen atoms in total. The molecule has 0 saturated heterocycles. The molecule has 0 aliphatic carbocycles. The molecule has 24 heavy (non-hydrogen) atoms. The fraction of sp³-hybridized carbons (Fsp3) is 0. The summed E-state index contributed by atoms with van der Waals surface area (Å²) in [6.07, 6.45) is 0. The van der Waals surface area contributed by atoms with Gasteiger partial charge in [-0.25, -0.2) is 0 Å². The van der Waals surface area contributed by atoms with E-state index in [1.807, 2.05) is 6.07 Å². The number of hydrogen-bond donors (Lipinski definition) is 3. The van der Waals surface area contributed by atoms with E-state index < -0.39 is 5.09 Å². The van der Waals surface area contributed by atoms with Crippen LogP contribution in [0.2, 0.25) is 5.02 Å². The van der Waals surface area contributed by atoms with Crippen LogP contribution in [0.1, 0.15) is 11.1 Å². The highest BCUT2D eigenvalue weighted by Gasteiger charge is 2.17. The van der Waals surface area contributed by atoms with E-state index in [4.69, 9.17) is 28.8 Å². The third-order valence-electron chi connectivity index (χ3n) is 2.85. The van der Waals surface area contributed by atoms with Crippen LogP contribution >= 0.6 is 11.6 Å². The molecule has 0 atom stereocenters. The van der Waals surface area contributed by atoms with Crippen molar-refractivity contribution in [3.05, 3.63) is 68.7 Å². The van der Waals surface area contributed by atoms with E-state index >= 15 is 0 Å². The first-order chi connectivity index (χ1) is 11.4. The SMILES string of the molecule is NC(N)=N/N=C(/c1ccccc1)c1cc(Cl)cc(O[N+](=O)[O-])c1N. The van der Waals surface area contributed by atoms with Crippen molar-refractivity contribution in [2.24, 2.45) is 21.7 Å². The van der Waals surface area contributed by atoms with Gasteiger partial charge in [-0.05, 0) is 12.1 Å². The van der Waals surface area contributed by atoms with E-state index in [2.05, 4.69) is 15.0 Å². The number of halogens is 1. The van der Waals surface area contributed by atoms with Gasteiger partial charge in [-0.3, -0.25) is 4.84 Å². The average molecular weight is 349 g/mol. The predicted octanol–water partition coefficient (Wildman–Crippen LogP) is 1.52. The molecule has 2 rings (SSSR count). The number of rotatable bonds is 5. The lowest BCUT2D eigenvalue weighted by Crippen LogP contribution is -2.22. The van der Waals surface area contributed by atoms with E-state index in [9.17, 15) is 10.1 Å². The number of nitrogen functional groups attached to an aromatic ring is 1. The first-order valence-corrected chi connectivity index (χ1v) is 6.90. The van der Waals surface area contributed by atoms with Gasteiger partial charge in [0.15, 0.2) is 0 Å². The van der Waals surface area contributed by atoms with Crippen molar-refractivity contribution in [1.82, 2.24) is 0 Å². The van der Waals surface area contributed by atoms with E-state index in [1.165, 1.54) is 12.1 Å². The summed E-state index contributed by atoms with van der Waals surface area (Å²) in [6.45, 7) is 0. The van der Waals surface area contributed by atoms with Gasteiger partial charge in [-0.15, -0.1) is 20.3 Å². The standard InChI is InChI=1S/C14H13ClN6O3/c15-9-6-10(12(16)11(7-9)24-21(22)23)13(19-20-14(17)18)8-4-2-1-3-5-8/h1-7H,16H2,(H4,17,18,20)/b19-13-. The van der Waals surface area contributed by atoms with Gasteiger partial charge in [0.25, 0.3) is 5.09 Å². The van der Waals surface area contributed by atoms with Crippen molar-refractivity contribution in [3.63, 3.8) is 0 Å². The van der Waals surface area contributed by atoms with Crippen LogP contribution in [-0.4, -0.2) is 16.8 Å². The molecule has 0 aromatic heterocycles. The molecular formula is C14H13ClN6O3. The molecule has 0 spiro atoms. The molecular weight excluding hydrogens is 336 g/mol. The Balaban J connectivity index is 2.67. The molecule has 124 valence electrons. The van der Waals surface area contributed by atoms with Gasteiger partial charge < -0.3 is 17.2 Å². The van der Waals surface area contributed by atoms with Gasteiger partial charge in [-0.1, -0.05) is 41.9 Å². The molecule has 0 amide bonds. The van der Waals surface area contributed by atoms with E-state index in [0.29, 0.717) is 5.56 Å². The number of nitrogens with zero attached hydrogens (tertiary/aromatic N) is 3. The average Bonchev–Trinajstić information content (AvgIpc) is 2.52. The molecule has 0 unspecified atom stereocenters. The van der Waals surface area contributed by atoms with Crippen LogP contribution in [0.5, 0.6) is 5.75 Å². The lowest BCUT2D eigenvalue weighted by molar-refractivity contribution is -0.710. The zero-order valence-corrected chi connectivity index (χ0v) is 13.0. The Morgan fingerprint density at radius 2 is 1.83 bits per heavy atom. The molecule has 2 aromatic rings. The first-order valence-electron chi connectivity index (χ1n) is 6.52. The minimum atomic E-state index is -0.985. The van der Waals surface area contributed by atoms with Gasteiger partial charge in [0.05, 0.1) is 5.69 Å². The van der Waals surface area contributed by atoms with Crippen LogP contribution in [0, 0.1) is 10.1 Å². The molecule has 0 heterocycles. The molecule has 0 radical (unpaired) electrons. The highest BCUT2D eigenvalue weighted by atomic mass is 35.5. The summed E-state index contributed by atoms with van der Waals surface area (Å²) in [5, 5.41) is 17.4. The molecule has 0 aliphatic rings. The van der Waals surface area contributed by atoms with Crippen LogP contribution in [0.15, 0.2) is 52.7 Å². The lowest BCUT2D eigenvalue weighted by Gasteiger charge is -2.12. The minimum absolute atomic E-state index is 0.0236. The summed E-state index contributed by atoms with van der Waals surface area (Å²) >= 11 is 6.00. The fourth-order valence-electron chi connectivity index (χ4n) is 1.92. The quantitative estimate of drug-likeness (QED) is 0.244. The molecule has 6 N–H and O–H groups in total. The number of nitrogens with two attached hydrogens (primary N) is 3. The summed E-state index contributed by atoms with van der Waals surface area (Å²) in [5.41, 5.74) is 17.8. The van der Waals surface area contributed by atoms with Crippen LogP contribution < -0.4 is 22.0 Å².